The number of aliphatic hydroxyl groups is 3. The zero-order valence-electron chi connectivity index (χ0n) is 21.5. The van der Waals surface area contributed by atoms with Crippen LogP contribution < -0.4 is 5.32 Å². The molecule has 3 rings (SSSR count). The molecule has 1 aromatic rings. The van der Waals surface area contributed by atoms with Gasteiger partial charge in [-0.2, -0.15) is 0 Å². The van der Waals surface area contributed by atoms with Crippen molar-refractivity contribution in [3.63, 3.8) is 0 Å². The van der Waals surface area contributed by atoms with Crippen LogP contribution in [0.5, 0.6) is 0 Å². The van der Waals surface area contributed by atoms with Gasteiger partial charge in [0.15, 0.2) is 5.60 Å². The van der Waals surface area contributed by atoms with Gasteiger partial charge in [0, 0.05) is 29.9 Å². The van der Waals surface area contributed by atoms with E-state index in [1.165, 1.54) is 13.2 Å². The van der Waals surface area contributed by atoms with Gasteiger partial charge in [-0.15, -0.1) is 0 Å². The molecule has 0 aromatic heterocycles. The zero-order valence-corrected chi connectivity index (χ0v) is 21.5. The molecule has 1 amide bonds. The van der Waals surface area contributed by atoms with Crippen LogP contribution in [0, 0.1) is 29.6 Å². The molecule has 1 aliphatic carbocycles. The molecule has 1 saturated carbocycles. The van der Waals surface area contributed by atoms with Gasteiger partial charge in [0.1, 0.15) is 0 Å². The third-order valence-corrected chi connectivity index (χ3v) is 7.98. The molecule has 1 saturated heterocycles. The lowest BCUT2D eigenvalue weighted by Crippen LogP contribution is -2.59. The van der Waals surface area contributed by atoms with E-state index in [9.17, 15) is 24.9 Å². The molecule has 1 aromatic carbocycles. The van der Waals surface area contributed by atoms with E-state index < -0.39 is 41.5 Å². The number of carbonyl (C=O) groups excluding carboxylic acids is 2. The van der Waals surface area contributed by atoms with E-state index in [-0.39, 0.29) is 23.8 Å². The second-order valence-corrected chi connectivity index (χ2v) is 10.3. The molecule has 7 nitrogen and oxygen atoms in total. The van der Waals surface area contributed by atoms with Crippen molar-refractivity contribution in [2.45, 2.75) is 57.5 Å². The first-order valence-corrected chi connectivity index (χ1v) is 12.6. The lowest BCUT2D eigenvalue weighted by Gasteiger charge is -2.47. The molecule has 2 aliphatic rings. The van der Waals surface area contributed by atoms with Gasteiger partial charge in [-0.05, 0) is 35.8 Å². The monoisotopic (exact) mass is 497 g/mol. The number of aliphatic hydroxyl groups excluding tert-OH is 2. The number of esters is 1. The summed E-state index contributed by atoms with van der Waals surface area (Å²) in [5.74, 6) is -2.96. The van der Waals surface area contributed by atoms with Gasteiger partial charge in [-0.3, -0.25) is 4.79 Å². The van der Waals surface area contributed by atoms with Crippen LogP contribution in [0.3, 0.4) is 0 Å². The Kier molecular flexibility index (Phi) is 8.93. The van der Waals surface area contributed by atoms with E-state index in [0.29, 0.717) is 18.4 Å². The SMILES string of the molecule is C=C1[C@@H](C)[C@H]2[C@H](Cc3ccccc3)NC(=O)[C@@]2(O)[C@@H](/C=C/C[C@H](C)[C@H](O)[C@@H](C)/C=C/C(=O)OC)[C@@H]1O. The van der Waals surface area contributed by atoms with Gasteiger partial charge in [-0.25, -0.2) is 4.79 Å². The Morgan fingerprint density at radius 1 is 1.28 bits per heavy atom. The van der Waals surface area contributed by atoms with Crippen LogP contribution in [0.15, 0.2) is 66.8 Å². The third-order valence-electron chi connectivity index (χ3n) is 7.98. The minimum atomic E-state index is -1.77. The summed E-state index contributed by atoms with van der Waals surface area (Å²) in [6.45, 7) is 9.69. The Bertz CT molecular complexity index is 1000. The normalized spacial score (nSPS) is 32.8. The van der Waals surface area contributed by atoms with Crippen LogP contribution in [0.1, 0.15) is 32.8 Å². The zero-order chi connectivity index (χ0) is 26.6. The van der Waals surface area contributed by atoms with Crippen molar-refractivity contribution < 1.29 is 29.6 Å². The highest BCUT2D eigenvalue weighted by Gasteiger charge is 2.64. The molecule has 1 heterocycles. The topological polar surface area (TPSA) is 116 Å². The number of methoxy groups -OCH3 is 1. The Hall–Kier alpha value is -2.74. The Morgan fingerprint density at radius 3 is 2.58 bits per heavy atom. The van der Waals surface area contributed by atoms with Crippen molar-refractivity contribution in [1.29, 1.82) is 0 Å². The fraction of sp³-hybridized carbons (Fsp3) is 0.517. The summed E-state index contributed by atoms with van der Waals surface area (Å²) in [5.41, 5.74) is -0.112. The van der Waals surface area contributed by atoms with Gasteiger partial charge >= 0.3 is 5.97 Å². The summed E-state index contributed by atoms with van der Waals surface area (Å²) in [5, 5.41) is 36.4. The fourth-order valence-electron chi connectivity index (χ4n) is 5.71. The lowest BCUT2D eigenvalue weighted by atomic mass is 9.60. The van der Waals surface area contributed by atoms with Crippen molar-refractivity contribution >= 4 is 11.9 Å². The predicted octanol–water partition coefficient (Wildman–Crippen LogP) is 2.57. The molecule has 0 radical (unpaired) electrons. The summed E-state index contributed by atoms with van der Waals surface area (Å²) in [6.07, 6.45) is 5.63. The number of ether oxygens (including phenoxy) is 1. The van der Waals surface area contributed by atoms with Crippen LogP contribution in [-0.4, -0.2) is 58.2 Å². The number of carbonyl (C=O) groups is 2. The molecule has 0 spiro atoms. The molecule has 4 N–H and O–H groups in total. The molecule has 9 atom stereocenters. The van der Waals surface area contributed by atoms with Gasteiger partial charge in [0.2, 0.25) is 0 Å². The second kappa shape index (κ2) is 11.5. The standard InChI is InChI=1S/C29H39NO6/c1-17(26(32)18(2)14-15-24(31)36-5)10-9-13-22-27(33)20(4)19(3)25-23(30-28(34)29(22,25)35)16-21-11-7-6-8-12-21/h6-9,11-15,17-19,22-23,25-27,32-33,35H,4,10,16H2,1-3,5H3,(H,30,34)/b13-9+,15-14+/t17-,18-,19+,22-,23-,25-,26-,27+,29+/m0/s1. The van der Waals surface area contributed by atoms with Gasteiger partial charge in [0.05, 0.1) is 19.3 Å². The smallest absolute Gasteiger partial charge is 0.330 e. The summed E-state index contributed by atoms with van der Waals surface area (Å²) < 4.78 is 4.59. The maximum atomic E-state index is 13.2. The first-order chi connectivity index (χ1) is 17.0. The average Bonchev–Trinajstić information content (AvgIpc) is 3.12. The molecule has 1 aliphatic heterocycles. The number of amides is 1. The summed E-state index contributed by atoms with van der Waals surface area (Å²) in [6, 6.07) is 9.52. The summed E-state index contributed by atoms with van der Waals surface area (Å²) >= 11 is 0. The highest BCUT2D eigenvalue weighted by atomic mass is 16.5. The molecular weight excluding hydrogens is 458 g/mol. The van der Waals surface area contributed by atoms with E-state index in [1.54, 1.807) is 18.2 Å². The molecule has 0 bridgehead atoms. The molecule has 0 unspecified atom stereocenters. The lowest BCUT2D eigenvalue weighted by molar-refractivity contribution is -0.154. The van der Waals surface area contributed by atoms with Crippen LogP contribution in [0.2, 0.25) is 0 Å². The largest absolute Gasteiger partial charge is 0.466 e. The molecule has 196 valence electrons. The quantitative estimate of drug-likeness (QED) is 0.237. The van der Waals surface area contributed by atoms with Crippen LogP contribution in [-0.2, 0) is 20.7 Å². The van der Waals surface area contributed by atoms with Crippen molar-refractivity contribution in [3.05, 3.63) is 72.4 Å². The Morgan fingerprint density at radius 2 is 1.94 bits per heavy atom. The number of allylic oxidation sites excluding steroid dienone is 1. The highest BCUT2D eigenvalue weighted by Crippen LogP contribution is 2.50. The highest BCUT2D eigenvalue weighted by molar-refractivity contribution is 5.90. The van der Waals surface area contributed by atoms with E-state index >= 15 is 0 Å². The van der Waals surface area contributed by atoms with Crippen LogP contribution in [0.25, 0.3) is 0 Å². The summed E-state index contributed by atoms with van der Waals surface area (Å²) in [4.78, 5) is 24.5. The third kappa shape index (κ3) is 5.48. The fourth-order valence-corrected chi connectivity index (χ4v) is 5.71. The van der Waals surface area contributed by atoms with Crippen LogP contribution in [0.4, 0.5) is 0 Å². The number of rotatable bonds is 9. The van der Waals surface area contributed by atoms with Gasteiger partial charge in [0.25, 0.3) is 5.91 Å². The van der Waals surface area contributed by atoms with Crippen LogP contribution >= 0.6 is 0 Å². The van der Waals surface area contributed by atoms with Gasteiger partial charge < -0.3 is 25.4 Å². The van der Waals surface area contributed by atoms with E-state index in [1.807, 2.05) is 51.1 Å². The minimum Gasteiger partial charge on any atom is -0.466 e. The van der Waals surface area contributed by atoms with Crippen molar-refractivity contribution in [3.8, 4) is 0 Å². The molecule has 36 heavy (non-hydrogen) atoms. The maximum Gasteiger partial charge on any atom is 0.330 e. The Labute approximate surface area is 213 Å². The number of benzene rings is 1. The molecule has 2 fully saturated rings. The number of hydrogen-bond donors (Lipinski definition) is 4. The first-order valence-electron chi connectivity index (χ1n) is 12.6. The second-order valence-electron chi connectivity index (χ2n) is 10.3. The molecule has 7 heteroatoms. The average molecular weight is 498 g/mol. The molecular formula is C29H39NO6. The van der Waals surface area contributed by atoms with E-state index in [0.717, 1.165) is 5.56 Å². The van der Waals surface area contributed by atoms with Crippen molar-refractivity contribution in [1.82, 2.24) is 5.32 Å². The predicted molar refractivity (Wildman–Crippen MR) is 138 cm³/mol. The van der Waals surface area contributed by atoms with Crippen molar-refractivity contribution in [2.24, 2.45) is 29.6 Å². The number of hydrogen-bond acceptors (Lipinski definition) is 6. The maximum absolute atomic E-state index is 13.2. The Balaban J connectivity index is 1.76. The minimum absolute atomic E-state index is 0.171. The number of nitrogens with one attached hydrogen (secondary N) is 1. The van der Waals surface area contributed by atoms with Crippen molar-refractivity contribution in [2.75, 3.05) is 7.11 Å². The van der Waals surface area contributed by atoms with E-state index in [4.69, 9.17) is 0 Å². The first kappa shape index (κ1) is 27.8. The van der Waals surface area contributed by atoms with E-state index in [2.05, 4.69) is 16.6 Å². The van der Waals surface area contributed by atoms with Gasteiger partial charge in [-0.1, -0.05) is 75.9 Å². The summed E-state index contributed by atoms with van der Waals surface area (Å²) in [7, 11) is 1.29. The number of fused-ring (bicyclic) bond motifs is 1.